The molecule has 0 aliphatic carbocycles. The van der Waals surface area contributed by atoms with Crippen molar-refractivity contribution in [2.24, 2.45) is 5.92 Å². The van der Waals surface area contributed by atoms with Crippen molar-refractivity contribution in [3.8, 4) is 0 Å². The van der Waals surface area contributed by atoms with Gasteiger partial charge in [-0.2, -0.15) is 0 Å². The molecule has 5 atom stereocenters. The van der Waals surface area contributed by atoms with Gasteiger partial charge in [0, 0.05) is 25.7 Å². The molecule has 0 aromatic rings. The van der Waals surface area contributed by atoms with Crippen molar-refractivity contribution >= 4 is 39.5 Å². The summed E-state index contributed by atoms with van der Waals surface area (Å²) in [6, 6.07) is 0. The maximum atomic E-state index is 13.1. The molecule has 0 saturated carbocycles. The molecule has 0 aromatic carbocycles. The Morgan fingerprint density at radius 3 is 0.820 bits per heavy atom. The minimum Gasteiger partial charge on any atom is -0.462 e. The van der Waals surface area contributed by atoms with E-state index in [9.17, 15) is 43.2 Å². The first-order valence-corrected chi connectivity index (χ1v) is 44.4. The monoisotopic (exact) mass is 1460 g/mol. The molecule has 0 aromatic heterocycles. The Hall–Kier alpha value is -2.46. The maximum Gasteiger partial charge on any atom is 0.472 e. The van der Waals surface area contributed by atoms with Gasteiger partial charge in [0.2, 0.25) is 0 Å². The van der Waals surface area contributed by atoms with E-state index in [2.05, 4.69) is 58.9 Å². The van der Waals surface area contributed by atoms with Gasteiger partial charge < -0.3 is 33.8 Å². The summed E-state index contributed by atoms with van der Waals surface area (Å²) in [6.07, 6.45) is 68.0. The Labute approximate surface area is 612 Å². The molecule has 17 nitrogen and oxygen atoms in total. The van der Waals surface area contributed by atoms with E-state index in [0.717, 1.165) is 115 Å². The van der Waals surface area contributed by atoms with E-state index in [1.54, 1.807) is 0 Å². The Morgan fingerprint density at radius 1 is 0.310 bits per heavy atom. The van der Waals surface area contributed by atoms with Crippen molar-refractivity contribution in [3.63, 3.8) is 0 Å². The number of aliphatic hydroxyl groups is 1. The van der Waals surface area contributed by atoms with Gasteiger partial charge in [-0.15, -0.1) is 0 Å². The van der Waals surface area contributed by atoms with E-state index < -0.39 is 97.5 Å². The number of aliphatic hydroxyl groups excluding tert-OH is 1. The number of unbranched alkanes of at least 4 members (excludes halogenated alkanes) is 48. The standard InChI is InChI=1S/C81H154O17P2/c1-6-9-12-15-17-19-21-23-25-26-27-28-29-30-31-35-40-44-48-52-57-62-67-81(86)98-77(71-92-79(84)65-60-55-50-46-42-38-36-32-34-37-41-45-49-54-58-63-74(4)5)73-96-100(89,90)94-69-75(82)68-93-99(87,88)95-72-76(70-91-78(83)64-59-53-14-11-8-3)97-80(85)66-61-56-51-47-43-39-33-24-22-20-18-16-13-10-7-2/h20,22,24,33,74-77,82H,6-19,21,23,25-32,34-73H2,1-5H3,(H,87,88)(H,89,90)/b22-20-,33-24-/t75-,76+,77+/m0/s1. The van der Waals surface area contributed by atoms with Crippen LogP contribution in [0.4, 0.5) is 0 Å². The number of rotatable bonds is 79. The summed E-state index contributed by atoms with van der Waals surface area (Å²) in [5, 5.41) is 10.6. The predicted octanol–water partition coefficient (Wildman–Crippen LogP) is 24.0. The van der Waals surface area contributed by atoms with Crippen LogP contribution in [0.15, 0.2) is 24.3 Å². The zero-order valence-corrected chi connectivity index (χ0v) is 66.6. The smallest absolute Gasteiger partial charge is 0.462 e. The highest BCUT2D eigenvalue weighted by atomic mass is 31.2. The van der Waals surface area contributed by atoms with E-state index in [1.165, 1.54) is 212 Å². The number of phosphoric acid groups is 2. The first kappa shape index (κ1) is 97.5. The lowest BCUT2D eigenvalue weighted by Gasteiger charge is -2.21. The Balaban J connectivity index is 5.14. The van der Waals surface area contributed by atoms with Crippen molar-refractivity contribution in [1.29, 1.82) is 0 Å². The number of phosphoric ester groups is 2. The van der Waals surface area contributed by atoms with Crippen LogP contribution in [0.3, 0.4) is 0 Å². The van der Waals surface area contributed by atoms with Crippen LogP contribution < -0.4 is 0 Å². The summed E-state index contributed by atoms with van der Waals surface area (Å²) in [6.45, 7) is 7.19. The van der Waals surface area contributed by atoms with Crippen molar-refractivity contribution in [2.75, 3.05) is 39.6 Å². The van der Waals surface area contributed by atoms with Crippen LogP contribution in [0.2, 0.25) is 0 Å². The van der Waals surface area contributed by atoms with Gasteiger partial charge in [-0.3, -0.25) is 37.3 Å². The van der Waals surface area contributed by atoms with Crippen molar-refractivity contribution in [2.45, 2.75) is 425 Å². The van der Waals surface area contributed by atoms with Gasteiger partial charge in [-0.05, 0) is 57.3 Å². The minimum atomic E-state index is -4.96. The lowest BCUT2D eigenvalue weighted by molar-refractivity contribution is -0.161. The van der Waals surface area contributed by atoms with E-state index in [-0.39, 0.29) is 25.7 Å². The van der Waals surface area contributed by atoms with Gasteiger partial charge in [-0.1, -0.05) is 354 Å². The molecular formula is C81H154O17P2. The molecule has 0 amide bonds. The Bertz CT molecular complexity index is 2000. The zero-order chi connectivity index (χ0) is 73.4. The van der Waals surface area contributed by atoms with Crippen LogP contribution >= 0.6 is 15.6 Å². The van der Waals surface area contributed by atoms with E-state index in [1.807, 2.05) is 0 Å². The molecule has 0 heterocycles. The lowest BCUT2D eigenvalue weighted by Crippen LogP contribution is -2.30. The van der Waals surface area contributed by atoms with Gasteiger partial charge in [0.15, 0.2) is 12.2 Å². The summed E-state index contributed by atoms with van der Waals surface area (Å²) in [7, 11) is -9.92. The Morgan fingerprint density at radius 2 is 0.540 bits per heavy atom. The number of carbonyl (C=O) groups excluding carboxylic acids is 4. The summed E-state index contributed by atoms with van der Waals surface area (Å²) in [5.74, 6) is -1.35. The lowest BCUT2D eigenvalue weighted by atomic mass is 10.0. The second-order valence-corrected chi connectivity index (χ2v) is 31.9. The molecule has 100 heavy (non-hydrogen) atoms. The van der Waals surface area contributed by atoms with Crippen molar-refractivity contribution < 1.29 is 80.2 Å². The van der Waals surface area contributed by atoms with Crippen LogP contribution in [0.1, 0.15) is 407 Å². The fraction of sp³-hybridized carbons (Fsp3) is 0.901. The van der Waals surface area contributed by atoms with Gasteiger partial charge in [0.25, 0.3) is 0 Å². The molecule has 0 rings (SSSR count). The molecule has 2 unspecified atom stereocenters. The van der Waals surface area contributed by atoms with E-state index in [0.29, 0.717) is 25.7 Å². The van der Waals surface area contributed by atoms with Gasteiger partial charge in [0.1, 0.15) is 19.3 Å². The summed E-state index contributed by atoms with van der Waals surface area (Å²) >= 11 is 0. The number of hydrogen-bond donors (Lipinski definition) is 3. The van der Waals surface area contributed by atoms with Crippen LogP contribution in [0.5, 0.6) is 0 Å². The molecule has 0 aliphatic rings. The molecule has 0 aliphatic heterocycles. The number of hydrogen-bond acceptors (Lipinski definition) is 15. The van der Waals surface area contributed by atoms with Crippen LogP contribution in [0.25, 0.3) is 0 Å². The zero-order valence-electron chi connectivity index (χ0n) is 64.8. The fourth-order valence-electron chi connectivity index (χ4n) is 12.0. The minimum absolute atomic E-state index is 0.0845. The van der Waals surface area contributed by atoms with Gasteiger partial charge in [-0.25, -0.2) is 9.13 Å². The fourth-order valence-corrected chi connectivity index (χ4v) is 13.6. The van der Waals surface area contributed by atoms with Crippen LogP contribution in [0, 0.1) is 5.92 Å². The molecule has 0 fully saturated rings. The number of allylic oxidation sites excluding steroid dienone is 4. The third kappa shape index (κ3) is 73.8. The first-order valence-electron chi connectivity index (χ1n) is 41.5. The van der Waals surface area contributed by atoms with Gasteiger partial charge in [0.05, 0.1) is 26.4 Å². The number of ether oxygens (including phenoxy) is 4. The molecule has 590 valence electrons. The second kappa shape index (κ2) is 73.4. The second-order valence-electron chi connectivity index (χ2n) is 29.0. The molecule has 19 heteroatoms. The summed E-state index contributed by atoms with van der Waals surface area (Å²) in [4.78, 5) is 72.7. The van der Waals surface area contributed by atoms with Crippen LogP contribution in [-0.2, 0) is 65.4 Å². The number of esters is 4. The predicted molar refractivity (Wildman–Crippen MR) is 409 cm³/mol. The molecule has 3 N–H and O–H groups in total. The summed E-state index contributed by atoms with van der Waals surface area (Å²) < 4.78 is 68.4. The van der Waals surface area contributed by atoms with Gasteiger partial charge >= 0.3 is 39.5 Å². The molecule has 0 saturated heterocycles. The van der Waals surface area contributed by atoms with Crippen molar-refractivity contribution in [3.05, 3.63) is 24.3 Å². The molecule has 0 radical (unpaired) electrons. The van der Waals surface area contributed by atoms with Crippen LogP contribution in [-0.4, -0.2) is 96.7 Å². The Kier molecular flexibility index (Phi) is 71.6. The highest BCUT2D eigenvalue weighted by molar-refractivity contribution is 7.47. The molecule has 0 bridgehead atoms. The highest BCUT2D eigenvalue weighted by Crippen LogP contribution is 2.45. The first-order chi connectivity index (χ1) is 48.5. The highest BCUT2D eigenvalue weighted by Gasteiger charge is 2.30. The molecular weight excluding hydrogens is 1310 g/mol. The van der Waals surface area contributed by atoms with E-state index in [4.69, 9.17) is 37.0 Å². The third-order valence-corrected chi connectivity index (χ3v) is 20.3. The average Bonchev–Trinajstić information content (AvgIpc) is 0.914. The quantitative estimate of drug-likeness (QED) is 0.0169. The normalized spacial score (nSPS) is 14.0. The topological polar surface area (TPSA) is 237 Å². The third-order valence-electron chi connectivity index (χ3n) is 18.4. The average molecular weight is 1460 g/mol. The van der Waals surface area contributed by atoms with Crippen molar-refractivity contribution in [1.82, 2.24) is 0 Å². The SMILES string of the molecule is CCCCCC/C=C\C=C/CCCCCCCC(=O)O[C@H](COC(=O)CCCCCCC)COP(=O)(O)OC[C@H](O)COP(=O)(O)OC[C@@H](COC(=O)CCCCCCCCCCCCCCCCCC(C)C)OC(=O)CCCCCCCCCCCCCCCCCCCCCCCC. The largest absolute Gasteiger partial charge is 0.472 e. The summed E-state index contributed by atoms with van der Waals surface area (Å²) in [5.41, 5.74) is 0. The maximum absolute atomic E-state index is 13.1. The number of carbonyl (C=O) groups is 4. The van der Waals surface area contributed by atoms with E-state index >= 15 is 0 Å². The molecule has 0 spiro atoms.